The highest BCUT2D eigenvalue weighted by atomic mass is 16.5. The molecular formula is C11H22N2O2. The van der Waals surface area contributed by atoms with E-state index in [2.05, 4.69) is 6.92 Å². The summed E-state index contributed by atoms with van der Waals surface area (Å²) in [5.41, 5.74) is 5.83. The quantitative estimate of drug-likeness (QED) is 0.735. The molecule has 0 bridgehead atoms. The van der Waals surface area contributed by atoms with Gasteiger partial charge in [0.05, 0.1) is 6.04 Å². The molecule has 1 amide bonds. The molecule has 1 fully saturated rings. The van der Waals surface area contributed by atoms with E-state index in [1.165, 1.54) is 0 Å². The Bertz CT molecular complexity index is 209. The van der Waals surface area contributed by atoms with E-state index in [9.17, 15) is 4.79 Å². The fourth-order valence-corrected chi connectivity index (χ4v) is 2.13. The first-order valence-corrected chi connectivity index (χ1v) is 5.75. The van der Waals surface area contributed by atoms with Crippen LogP contribution in [0, 0.1) is 0 Å². The second kappa shape index (κ2) is 6.08. The lowest BCUT2D eigenvalue weighted by atomic mass is 10.1. The van der Waals surface area contributed by atoms with Gasteiger partial charge in [0.2, 0.25) is 5.91 Å². The van der Waals surface area contributed by atoms with Crippen LogP contribution in [0.25, 0.3) is 0 Å². The van der Waals surface area contributed by atoms with Gasteiger partial charge in [-0.05, 0) is 25.7 Å². The highest BCUT2D eigenvalue weighted by Crippen LogP contribution is 2.20. The standard InChI is InChI=1S/C11H22N2O2/c1-3-9-5-4-7-13(9)11(14)10(12)6-8-15-2/h9-10H,3-8,12H2,1-2H3. The number of hydrogen-bond donors (Lipinski definition) is 1. The number of rotatable bonds is 5. The Balaban J connectivity index is 2.44. The van der Waals surface area contributed by atoms with Crippen molar-refractivity contribution in [2.45, 2.75) is 44.7 Å². The Kier molecular flexibility index (Phi) is 5.05. The number of carbonyl (C=O) groups excluding carboxylic acids is 1. The van der Waals surface area contributed by atoms with E-state index >= 15 is 0 Å². The van der Waals surface area contributed by atoms with Crippen molar-refractivity contribution in [2.75, 3.05) is 20.3 Å². The summed E-state index contributed by atoms with van der Waals surface area (Å²) in [6.45, 7) is 3.55. The topological polar surface area (TPSA) is 55.6 Å². The van der Waals surface area contributed by atoms with E-state index in [0.717, 1.165) is 25.8 Å². The van der Waals surface area contributed by atoms with Crippen LogP contribution in [0.1, 0.15) is 32.6 Å². The molecule has 2 unspecified atom stereocenters. The van der Waals surface area contributed by atoms with Crippen molar-refractivity contribution in [1.29, 1.82) is 0 Å². The van der Waals surface area contributed by atoms with E-state index in [1.54, 1.807) is 7.11 Å². The third-order valence-corrected chi connectivity index (χ3v) is 3.08. The van der Waals surface area contributed by atoms with Crippen LogP contribution in [-0.4, -0.2) is 43.2 Å². The van der Waals surface area contributed by atoms with Gasteiger partial charge < -0.3 is 15.4 Å². The molecule has 88 valence electrons. The minimum absolute atomic E-state index is 0.0939. The highest BCUT2D eigenvalue weighted by Gasteiger charge is 2.30. The van der Waals surface area contributed by atoms with Crippen LogP contribution in [0.3, 0.4) is 0 Å². The number of hydrogen-bond acceptors (Lipinski definition) is 3. The van der Waals surface area contributed by atoms with Crippen LogP contribution in [0.2, 0.25) is 0 Å². The van der Waals surface area contributed by atoms with Crippen molar-refractivity contribution < 1.29 is 9.53 Å². The van der Waals surface area contributed by atoms with Gasteiger partial charge in [-0.1, -0.05) is 6.92 Å². The molecule has 15 heavy (non-hydrogen) atoms. The number of nitrogens with two attached hydrogens (primary N) is 1. The third-order valence-electron chi connectivity index (χ3n) is 3.08. The fourth-order valence-electron chi connectivity index (χ4n) is 2.13. The minimum Gasteiger partial charge on any atom is -0.385 e. The number of amides is 1. The molecule has 1 rings (SSSR count). The fraction of sp³-hybridized carbons (Fsp3) is 0.909. The Labute approximate surface area is 91.8 Å². The lowest BCUT2D eigenvalue weighted by Crippen LogP contribution is -2.46. The normalized spacial score (nSPS) is 23.1. The van der Waals surface area contributed by atoms with E-state index < -0.39 is 6.04 Å². The maximum Gasteiger partial charge on any atom is 0.239 e. The number of nitrogens with zero attached hydrogens (tertiary/aromatic N) is 1. The highest BCUT2D eigenvalue weighted by molar-refractivity contribution is 5.82. The molecule has 4 nitrogen and oxygen atoms in total. The minimum atomic E-state index is -0.392. The molecule has 0 aromatic rings. The molecule has 0 radical (unpaired) electrons. The van der Waals surface area contributed by atoms with Crippen LogP contribution in [0.4, 0.5) is 0 Å². The maximum absolute atomic E-state index is 12.0. The summed E-state index contributed by atoms with van der Waals surface area (Å²) in [5.74, 6) is 0.0939. The maximum atomic E-state index is 12.0. The van der Waals surface area contributed by atoms with Crippen LogP contribution in [0.5, 0.6) is 0 Å². The average molecular weight is 214 g/mol. The van der Waals surface area contributed by atoms with Gasteiger partial charge in [0, 0.05) is 26.3 Å². The Morgan fingerprint density at radius 1 is 1.67 bits per heavy atom. The predicted octanol–water partition coefficient (Wildman–Crippen LogP) is 0.751. The molecule has 0 spiro atoms. The van der Waals surface area contributed by atoms with Crippen LogP contribution < -0.4 is 5.73 Å². The molecule has 1 saturated heterocycles. The van der Waals surface area contributed by atoms with E-state index in [1.807, 2.05) is 4.90 Å². The Morgan fingerprint density at radius 3 is 3.00 bits per heavy atom. The van der Waals surface area contributed by atoms with Gasteiger partial charge in [-0.2, -0.15) is 0 Å². The smallest absolute Gasteiger partial charge is 0.239 e. The first-order valence-electron chi connectivity index (χ1n) is 5.75. The van der Waals surface area contributed by atoms with Crippen molar-refractivity contribution in [3.8, 4) is 0 Å². The first kappa shape index (κ1) is 12.5. The second-order valence-corrected chi connectivity index (χ2v) is 4.12. The van der Waals surface area contributed by atoms with Gasteiger partial charge >= 0.3 is 0 Å². The molecule has 4 heteroatoms. The van der Waals surface area contributed by atoms with Crippen molar-refractivity contribution in [1.82, 2.24) is 4.90 Å². The van der Waals surface area contributed by atoms with E-state index in [-0.39, 0.29) is 5.91 Å². The third kappa shape index (κ3) is 3.18. The number of carbonyl (C=O) groups is 1. The van der Waals surface area contributed by atoms with Gasteiger partial charge in [0.1, 0.15) is 0 Å². The average Bonchev–Trinajstić information content (AvgIpc) is 2.72. The molecule has 1 aliphatic heterocycles. The Hall–Kier alpha value is -0.610. The molecule has 0 aromatic heterocycles. The zero-order valence-electron chi connectivity index (χ0n) is 9.74. The molecule has 2 N–H and O–H groups in total. The summed E-state index contributed by atoms with van der Waals surface area (Å²) in [5, 5.41) is 0. The lowest BCUT2D eigenvalue weighted by Gasteiger charge is -2.26. The molecule has 1 aliphatic rings. The first-order chi connectivity index (χ1) is 7.20. The number of likely N-dealkylation sites (tertiary alicyclic amines) is 1. The van der Waals surface area contributed by atoms with Gasteiger partial charge in [-0.15, -0.1) is 0 Å². The summed E-state index contributed by atoms with van der Waals surface area (Å²) in [6, 6.07) is 0.0168. The van der Waals surface area contributed by atoms with Crippen LogP contribution in [0.15, 0.2) is 0 Å². The summed E-state index contributed by atoms with van der Waals surface area (Å²) < 4.78 is 4.93. The number of ether oxygens (including phenoxy) is 1. The summed E-state index contributed by atoms with van der Waals surface area (Å²) in [7, 11) is 1.63. The van der Waals surface area contributed by atoms with Gasteiger partial charge in [-0.25, -0.2) is 0 Å². The summed E-state index contributed by atoms with van der Waals surface area (Å²) in [6.07, 6.45) is 3.88. The van der Waals surface area contributed by atoms with Gasteiger partial charge in [0.25, 0.3) is 0 Å². The summed E-state index contributed by atoms with van der Waals surface area (Å²) in [4.78, 5) is 13.9. The van der Waals surface area contributed by atoms with Crippen molar-refractivity contribution >= 4 is 5.91 Å². The largest absolute Gasteiger partial charge is 0.385 e. The van der Waals surface area contributed by atoms with Crippen LogP contribution >= 0.6 is 0 Å². The van der Waals surface area contributed by atoms with E-state index in [0.29, 0.717) is 19.1 Å². The zero-order chi connectivity index (χ0) is 11.3. The number of methoxy groups -OCH3 is 1. The zero-order valence-corrected chi connectivity index (χ0v) is 9.74. The van der Waals surface area contributed by atoms with E-state index in [4.69, 9.17) is 10.5 Å². The molecular weight excluding hydrogens is 192 g/mol. The SMILES string of the molecule is CCC1CCCN1C(=O)C(N)CCOC. The lowest BCUT2D eigenvalue weighted by molar-refractivity contribution is -0.133. The monoisotopic (exact) mass is 214 g/mol. The molecule has 0 aliphatic carbocycles. The molecule has 0 aromatic carbocycles. The Morgan fingerprint density at radius 2 is 2.40 bits per heavy atom. The molecule has 1 heterocycles. The van der Waals surface area contributed by atoms with Gasteiger partial charge in [-0.3, -0.25) is 4.79 Å². The predicted molar refractivity (Wildman–Crippen MR) is 59.5 cm³/mol. The van der Waals surface area contributed by atoms with Crippen LogP contribution in [-0.2, 0) is 9.53 Å². The second-order valence-electron chi connectivity index (χ2n) is 4.12. The summed E-state index contributed by atoms with van der Waals surface area (Å²) >= 11 is 0. The van der Waals surface area contributed by atoms with Crippen molar-refractivity contribution in [3.63, 3.8) is 0 Å². The van der Waals surface area contributed by atoms with Gasteiger partial charge in [0.15, 0.2) is 0 Å². The molecule has 0 saturated carbocycles. The van der Waals surface area contributed by atoms with Crippen molar-refractivity contribution in [2.24, 2.45) is 5.73 Å². The van der Waals surface area contributed by atoms with Crippen molar-refractivity contribution in [3.05, 3.63) is 0 Å². The molecule has 2 atom stereocenters.